The first-order valence-corrected chi connectivity index (χ1v) is 17.3. The van der Waals surface area contributed by atoms with E-state index in [4.69, 9.17) is 24.2 Å². The summed E-state index contributed by atoms with van der Waals surface area (Å²) >= 11 is 0. The molecule has 0 fully saturated rings. The summed E-state index contributed by atoms with van der Waals surface area (Å²) in [6, 6.07) is 25.6. The zero-order chi connectivity index (χ0) is 41.8. The number of anilines is 3. The molecule has 0 saturated carbocycles. The Kier molecular flexibility index (Phi) is 14.7. The van der Waals surface area contributed by atoms with E-state index in [1.807, 2.05) is 95.5 Å². The van der Waals surface area contributed by atoms with Gasteiger partial charge in [0, 0.05) is 54.7 Å². The number of carbonyl (C=O) groups excluding carboxylic acids is 5. The molecule has 14 heteroatoms. The molecular formula is C42H47N5O9. The van der Waals surface area contributed by atoms with Gasteiger partial charge >= 0.3 is 24.3 Å². The standard InChI is InChI=1S/C24H27N3O3.C17H20N2O4.CO2/c1-16-6-10-19(11-7-16)25-22(28)21-14-18(15-27(21)5)17-8-12-20(13-9-17)26-23(29)30-24(2,3)4;1-17(2,3)23-16(22)18-13-7-5-11(6-8-13)12-9-14(15(20)21)19(4)10-12;2-1-3/h6-15H,1-5H3,(H,25,28)(H,26,29);5-10H,1-4H3,(H,18,22)(H,20,21);. The van der Waals surface area contributed by atoms with Crippen LogP contribution in [0, 0.1) is 6.92 Å². The fourth-order valence-electron chi connectivity index (χ4n) is 5.05. The number of rotatable bonds is 7. The predicted molar refractivity (Wildman–Crippen MR) is 213 cm³/mol. The molecule has 56 heavy (non-hydrogen) atoms. The third kappa shape index (κ3) is 13.8. The van der Waals surface area contributed by atoms with E-state index in [0.717, 1.165) is 33.5 Å². The number of amides is 3. The average Bonchev–Trinajstić information content (AvgIpc) is 3.68. The van der Waals surface area contributed by atoms with Crippen LogP contribution in [0.1, 0.15) is 68.1 Å². The van der Waals surface area contributed by atoms with E-state index in [0.29, 0.717) is 17.1 Å². The highest BCUT2D eigenvalue weighted by molar-refractivity contribution is 6.04. The van der Waals surface area contributed by atoms with Gasteiger partial charge in [-0.1, -0.05) is 42.0 Å². The number of hydrogen-bond acceptors (Lipinski definition) is 8. The molecule has 0 aliphatic rings. The van der Waals surface area contributed by atoms with Crippen LogP contribution >= 0.6 is 0 Å². The number of aromatic nitrogens is 2. The van der Waals surface area contributed by atoms with Crippen molar-refractivity contribution in [2.24, 2.45) is 14.1 Å². The molecule has 2 aromatic heterocycles. The second kappa shape index (κ2) is 18.9. The molecule has 3 amide bonds. The molecule has 0 radical (unpaired) electrons. The SMILES string of the molecule is Cc1ccc(NC(=O)c2cc(-c3ccc(NC(=O)OC(C)(C)C)cc3)cn2C)cc1.Cn1cc(-c2ccc(NC(=O)OC(C)(C)C)cc2)cc1C(=O)O.O=C=O. The van der Waals surface area contributed by atoms with Gasteiger partial charge in [0.25, 0.3) is 5.91 Å². The average molecular weight is 766 g/mol. The Hall–Kier alpha value is -6.92. The molecule has 2 heterocycles. The van der Waals surface area contributed by atoms with Gasteiger partial charge in [-0.15, -0.1) is 0 Å². The zero-order valence-corrected chi connectivity index (χ0v) is 32.8. The first kappa shape index (κ1) is 43.5. The molecular weight excluding hydrogens is 718 g/mol. The fraction of sp³-hybridized carbons (Fsp3) is 0.262. The van der Waals surface area contributed by atoms with Crippen molar-refractivity contribution in [1.29, 1.82) is 0 Å². The molecule has 0 aliphatic heterocycles. The largest absolute Gasteiger partial charge is 0.477 e. The third-order valence-corrected chi connectivity index (χ3v) is 7.50. The normalized spacial score (nSPS) is 10.7. The van der Waals surface area contributed by atoms with Crippen LogP contribution in [0.2, 0.25) is 0 Å². The van der Waals surface area contributed by atoms with E-state index in [1.165, 1.54) is 0 Å². The molecule has 0 spiro atoms. The van der Waals surface area contributed by atoms with Crippen molar-refractivity contribution in [2.45, 2.75) is 59.7 Å². The molecule has 0 saturated heterocycles. The van der Waals surface area contributed by atoms with E-state index in [-0.39, 0.29) is 17.8 Å². The number of carboxylic acids is 1. The van der Waals surface area contributed by atoms with Gasteiger partial charge in [-0.05, 0) is 108 Å². The van der Waals surface area contributed by atoms with E-state index in [2.05, 4.69) is 16.0 Å². The number of nitrogens with zero attached hydrogens (tertiary/aromatic N) is 2. The topological polar surface area (TPSA) is 187 Å². The summed E-state index contributed by atoms with van der Waals surface area (Å²) in [6.45, 7) is 12.8. The highest BCUT2D eigenvalue weighted by atomic mass is 16.6. The Morgan fingerprint density at radius 3 is 1.27 bits per heavy atom. The summed E-state index contributed by atoms with van der Waals surface area (Å²) in [6.07, 6.45) is 2.89. The molecule has 5 aromatic rings. The van der Waals surface area contributed by atoms with E-state index in [9.17, 15) is 19.2 Å². The Morgan fingerprint density at radius 1 is 0.571 bits per heavy atom. The number of ether oxygens (including phenoxy) is 2. The van der Waals surface area contributed by atoms with Gasteiger partial charge in [0.2, 0.25) is 0 Å². The molecule has 0 unspecified atom stereocenters. The van der Waals surface area contributed by atoms with E-state index >= 15 is 0 Å². The first-order chi connectivity index (χ1) is 26.2. The Bertz CT molecular complexity index is 2160. The highest BCUT2D eigenvalue weighted by Gasteiger charge is 2.18. The zero-order valence-electron chi connectivity index (χ0n) is 32.8. The van der Waals surface area contributed by atoms with Crippen molar-refractivity contribution in [1.82, 2.24) is 9.13 Å². The molecule has 4 N–H and O–H groups in total. The molecule has 14 nitrogen and oxygen atoms in total. The number of aromatic carboxylic acids is 1. The van der Waals surface area contributed by atoms with Gasteiger partial charge < -0.3 is 29.0 Å². The third-order valence-electron chi connectivity index (χ3n) is 7.50. The van der Waals surface area contributed by atoms with Crippen LogP contribution in [0.4, 0.5) is 26.7 Å². The fourth-order valence-corrected chi connectivity index (χ4v) is 5.05. The van der Waals surface area contributed by atoms with Crippen LogP contribution in [-0.2, 0) is 33.2 Å². The smallest absolute Gasteiger partial charge is 0.412 e. The molecule has 0 atom stereocenters. The number of benzene rings is 3. The molecule has 294 valence electrons. The van der Waals surface area contributed by atoms with Crippen LogP contribution < -0.4 is 16.0 Å². The van der Waals surface area contributed by atoms with Crippen LogP contribution in [0.25, 0.3) is 22.3 Å². The van der Waals surface area contributed by atoms with Gasteiger partial charge in [0.05, 0.1) is 0 Å². The van der Waals surface area contributed by atoms with Crippen molar-refractivity contribution in [3.05, 3.63) is 114 Å². The van der Waals surface area contributed by atoms with Gasteiger partial charge in [-0.2, -0.15) is 9.59 Å². The summed E-state index contributed by atoms with van der Waals surface area (Å²) in [5.41, 5.74) is 6.33. The van der Waals surface area contributed by atoms with Crippen LogP contribution in [0.3, 0.4) is 0 Å². The van der Waals surface area contributed by atoms with Gasteiger partial charge in [-0.3, -0.25) is 15.4 Å². The van der Waals surface area contributed by atoms with Crippen molar-refractivity contribution >= 4 is 47.3 Å². The quantitative estimate of drug-likeness (QED) is 0.126. The highest BCUT2D eigenvalue weighted by Crippen LogP contribution is 2.26. The van der Waals surface area contributed by atoms with Gasteiger partial charge in [0.15, 0.2) is 0 Å². The maximum atomic E-state index is 12.7. The predicted octanol–water partition coefficient (Wildman–Crippen LogP) is 8.75. The van der Waals surface area contributed by atoms with Crippen LogP contribution in [0.15, 0.2) is 97.3 Å². The summed E-state index contributed by atoms with van der Waals surface area (Å²) in [5.74, 6) is -1.14. The second-order valence-corrected chi connectivity index (χ2v) is 14.6. The number of carboxylic acid groups (broad SMARTS) is 1. The summed E-state index contributed by atoms with van der Waals surface area (Å²) in [7, 11) is 3.53. The minimum absolute atomic E-state index is 0.171. The maximum absolute atomic E-state index is 12.7. The first-order valence-electron chi connectivity index (χ1n) is 17.3. The lowest BCUT2D eigenvalue weighted by molar-refractivity contribution is -0.191. The Balaban J connectivity index is 0.000000289. The number of nitrogens with one attached hydrogen (secondary N) is 3. The lowest BCUT2D eigenvalue weighted by atomic mass is 10.1. The van der Waals surface area contributed by atoms with Gasteiger partial charge in [0.1, 0.15) is 22.6 Å². The Morgan fingerprint density at radius 2 is 0.911 bits per heavy atom. The molecule has 0 aliphatic carbocycles. The minimum atomic E-state index is -0.970. The summed E-state index contributed by atoms with van der Waals surface area (Å²) in [4.78, 5) is 63.6. The maximum Gasteiger partial charge on any atom is 0.412 e. The number of aryl methyl sites for hydroxylation is 3. The lowest BCUT2D eigenvalue weighted by Crippen LogP contribution is -2.27. The molecule has 5 rings (SSSR count). The van der Waals surface area contributed by atoms with Crippen molar-refractivity contribution in [2.75, 3.05) is 16.0 Å². The van der Waals surface area contributed by atoms with Crippen molar-refractivity contribution in [3.63, 3.8) is 0 Å². The Labute approximate surface area is 325 Å². The second-order valence-electron chi connectivity index (χ2n) is 14.6. The van der Waals surface area contributed by atoms with Crippen LogP contribution in [-0.4, -0.2) is 55.7 Å². The van der Waals surface area contributed by atoms with Crippen LogP contribution in [0.5, 0.6) is 0 Å². The van der Waals surface area contributed by atoms with Crippen molar-refractivity contribution in [3.8, 4) is 22.3 Å². The van der Waals surface area contributed by atoms with Crippen molar-refractivity contribution < 1.29 is 43.3 Å². The minimum Gasteiger partial charge on any atom is -0.477 e. The van der Waals surface area contributed by atoms with E-state index < -0.39 is 29.4 Å². The number of hydrogen-bond donors (Lipinski definition) is 4. The summed E-state index contributed by atoms with van der Waals surface area (Å²) < 4.78 is 13.8. The monoisotopic (exact) mass is 765 g/mol. The molecule has 0 bridgehead atoms. The summed E-state index contributed by atoms with van der Waals surface area (Å²) in [5, 5.41) is 17.4. The van der Waals surface area contributed by atoms with E-state index in [1.54, 1.807) is 73.5 Å². The van der Waals surface area contributed by atoms with Gasteiger partial charge in [-0.25, -0.2) is 14.4 Å². The molecule has 3 aromatic carbocycles. The number of carbonyl (C=O) groups is 4. The lowest BCUT2D eigenvalue weighted by Gasteiger charge is -2.19.